The predicted molar refractivity (Wildman–Crippen MR) is 128 cm³/mol. The van der Waals surface area contributed by atoms with Crippen LogP contribution in [0.15, 0.2) is 54.6 Å². The van der Waals surface area contributed by atoms with E-state index in [2.05, 4.69) is 15.3 Å². The van der Waals surface area contributed by atoms with E-state index in [1.165, 1.54) is 0 Å². The zero-order valence-electron chi connectivity index (χ0n) is 18.7. The average molecular weight is 466 g/mol. The summed E-state index contributed by atoms with van der Waals surface area (Å²) in [5, 5.41) is 21.5. The Bertz CT molecular complexity index is 1250. The van der Waals surface area contributed by atoms with Crippen molar-refractivity contribution >= 4 is 12.2 Å². The van der Waals surface area contributed by atoms with Crippen LogP contribution in [0.25, 0.3) is 11.5 Å². The van der Waals surface area contributed by atoms with Gasteiger partial charge in [0.15, 0.2) is 16.3 Å². The molecule has 0 atom stereocenters. The van der Waals surface area contributed by atoms with Crippen LogP contribution in [0.3, 0.4) is 0 Å². The Morgan fingerprint density at radius 3 is 2.52 bits per heavy atom. The maximum atomic E-state index is 9.39. The molecule has 2 aromatic carbocycles. The normalized spacial score (nSPS) is 11.0. The summed E-state index contributed by atoms with van der Waals surface area (Å²) in [6, 6.07) is 17.8. The lowest BCUT2D eigenvalue weighted by atomic mass is 10.2. The predicted octanol–water partition coefficient (Wildman–Crippen LogP) is 4.13. The van der Waals surface area contributed by atoms with Gasteiger partial charge >= 0.3 is 0 Å². The Morgan fingerprint density at radius 1 is 1.06 bits per heavy atom. The molecule has 0 aliphatic heterocycles. The van der Waals surface area contributed by atoms with Crippen molar-refractivity contribution in [2.45, 2.75) is 33.0 Å². The molecule has 0 bridgehead atoms. The standard InChI is InChI=1S/C24H27N5O3S/c1-17-22(32-16-19-7-4-3-5-8-19)21(29(27-17)13-6-14-30)23-25-26-24(33)28(23)15-18-9-11-20(31-2)12-10-18/h3-5,7-12,30H,6,13-16H2,1-2H3,(H,26,33). The molecule has 0 aliphatic rings. The summed E-state index contributed by atoms with van der Waals surface area (Å²) in [5.74, 6) is 2.09. The van der Waals surface area contributed by atoms with Gasteiger partial charge in [0, 0.05) is 13.2 Å². The van der Waals surface area contributed by atoms with Gasteiger partial charge in [-0.3, -0.25) is 14.3 Å². The third kappa shape index (κ3) is 5.15. The van der Waals surface area contributed by atoms with Crippen molar-refractivity contribution in [3.05, 3.63) is 76.2 Å². The van der Waals surface area contributed by atoms with Crippen LogP contribution in [-0.2, 0) is 19.7 Å². The van der Waals surface area contributed by atoms with Crippen molar-refractivity contribution < 1.29 is 14.6 Å². The molecule has 8 nitrogen and oxygen atoms in total. The summed E-state index contributed by atoms with van der Waals surface area (Å²) in [5.41, 5.74) is 3.60. The number of hydrogen-bond acceptors (Lipinski definition) is 6. The summed E-state index contributed by atoms with van der Waals surface area (Å²) < 4.78 is 15.8. The zero-order valence-corrected chi connectivity index (χ0v) is 19.5. The van der Waals surface area contributed by atoms with Gasteiger partial charge in [0.25, 0.3) is 0 Å². The molecule has 0 fully saturated rings. The Hall–Kier alpha value is -3.43. The smallest absolute Gasteiger partial charge is 0.195 e. The first-order valence-corrected chi connectivity index (χ1v) is 11.1. The van der Waals surface area contributed by atoms with E-state index >= 15 is 0 Å². The zero-order chi connectivity index (χ0) is 23.2. The van der Waals surface area contributed by atoms with Gasteiger partial charge in [-0.1, -0.05) is 42.5 Å². The van der Waals surface area contributed by atoms with Crippen LogP contribution in [0.5, 0.6) is 11.5 Å². The largest absolute Gasteiger partial charge is 0.497 e. The third-order valence-electron chi connectivity index (χ3n) is 5.30. The number of aromatic nitrogens is 5. The van der Waals surface area contributed by atoms with Crippen molar-refractivity contribution in [2.24, 2.45) is 0 Å². The number of H-pyrrole nitrogens is 1. The van der Waals surface area contributed by atoms with Gasteiger partial charge in [-0.25, -0.2) is 0 Å². The minimum atomic E-state index is 0.0667. The Kier molecular flexibility index (Phi) is 7.21. The molecule has 0 unspecified atom stereocenters. The van der Waals surface area contributed by atoms with E-state index in [4.69, 9.17) is 21.7 Å². The van der Waals surface area contributed by atoms with Crippen molar-refractivity contribution in [3.63, 3.8) is 0 Å². The van der Waals surface area contributed by atoms with E-state index in [1.807, 2.05) is 70.8 Å². The molecule has 0 amide bonds. The number of aliphatic hydroxyl groups is 1. The highest BCUT2D eigenvalue weighted by Gasteiger charge is 2.23. The number of hydrogen-bond donors (Lipinski definition) is 2. The fraction of sp³-hybridized carbons (Fsp3) is 0.292. The molecule has 4 aromatic rings. The number of methoxy groups -OCH3 is 1. The molecular weight excluding hydrogens is 438 g/mol. The van der Waals surface area contributed by atoms with Crippen LogP contribution in [-0.4, -0.2) is 43.4 Å². The second-order valence-corrected chi connectivity index (χ2v) is 8.01. The quantitative estimate of drug-likeness (QED) is 0.342. The SMILES string of the molecule is COc1ccc(Cn2c(-c3c(OCc4ccccc4)c(C)nn3CCCO)n[nH]c2=S)cc1. The first-order chi connectivity index (χ1) is 16.1. The average Bonchev–Trinajstić information content (AvgIpc) is 3.35. The van der Waals surface area contributed by atoms with Crippen LogP contribution in [0, 0.1) is 11.7 Å². The molecular formula is C24H27N5O3S. The van der Waals surface area contributed by atoms with E-state index in [-0.39, 0.29) is 6.61 Å². The lowest BCUT2D eigenvalue weighted by Crippen LogP contribution is -2.09. The minimum Gasteiger partial charge on any atom is -0.497 e. The fourth-order valence-electron chi connectivity index (χ4n) is 3.63. The second kappa shape index (κ2) is 10.5. The van der Waals surface area contributed by atoms with E-state index < -0.39 is 0 Å². The van der Waals surface area contributed by atoms with Crippen LogP contribution in [0.1, 0.15) is 23.2 Å². The first-order valence-electron chi connectivity index (χ1n) is 10.7. The molecule has 2 heterocycles. The Morgan fingerprint density at radius 2 is 1.82 bits per heavy atom. The maximum absolute atomic E-state index is 9.39. The van der Waals surface area contributed by atoms with E-state index in [1.54, 1.807) is 7.11 Å². The van der Waals surface area contributed by atoms with Crippen molar-refractivity contribution in [2.75, 3.05) is 13.7 Å². The summed E-state index contributed by atoms with van der Waals surface area (Å²) in [7, 11) is 1.64. The molecule has 9 heteroatoms. The van der Waals surface area contributed by atoms with Gasteiger partial charge in [-0.2, -0.15) is 10.2 Å². The summed E-state index contributed by atoms with van der Waals surface area (Å²) in [6.45, 7) is 3.44. The van der Waals surface area contributed by atoms with Crippen molar-refractivity contribution in [1.82, 2.24) is 24.5 Å². The van der Waals surface area contributed by atoms with Gasteiger partial charge < -0.3 is 14.6 Å². The van der Waals surface area contributed by atoms with E-state index in [0.717, 1.165) is 28.3 Å². The number of nitrogens with one attached hydrogen (secondary N) is 1. The van der Waals surface area contributed by atoms with E-state index in [9.17, 15) is 5.11 Å². The van der Waals surface area contributed by atoms with Crippen molar-refractivity contribution in [3.8, 4) is 23.0 Å². The number of ether oxygens (including phenoxy) is 2. The van der Waals surface area contributed by atoms with Gasteiger partial charge in [0.1, 0.15) is 23.7 Å². The van der Waals surface area contributed by atoms with Gasteiger partial charge in [0.05, 0.1) is 13.7 Å². The lowest BCUT2D eigenvalue weighted by molar-refractivity contribution is 0.276. The molecule has 2 aromatic heterocycles. The van der Waals surface area contributed by atoms with Gasteiger partial charge in [-0.05, 0) is 48.8 Å². The number of benzene rings is 2. The molecule has 2 N–H and O–H groups in total. The Balaban J connectivity index is 1.72. The molecule has 0 radical (unpaired) electrons. The fourth-order valence-corrected chi connectivity index (χ4v) is 3.82. The highest BCUT2D eigenvalue weighted by Crippen LogP contribution is 2.33. The lowest BCUT2D eigenvalue weighted by Gasteiger charge is -2.12. The van der Waals surface area contributed by atoms with Crippen LogP contribution in [0.2, 0.25) is 0 Å². The summed E-state index contributed by atoms with van der Waals surface area (Å²) in [4.78, 5) is 0. The monoisotopic (exact) mass is 465 g/mol. The molecule has 0 aliphatic carbocycles. The number of aryl methyl sites for hydroxylation is 2. The summed E-state index contributed by atoms with van der Waals surface area (Å²) in [6.07, 6.45) is 0.565. The molecule has 4 rings (SSSR count). The Labute approximate surface area is 197 Å². The van der Waals surface area contributed by atoms with Crippen molar-refractivity contribution in [1.29, 1.82) is 0 Å². The highest BCUT2D eigenvalue weighted by molar-refractivity contribution is 7.71. The topological polar surface area (TPSA) is 90.1 Å². The third-order valence-corrected chi connectivity index (χ3v) is 5.61. The second-order valence-electron chi connectivity index (χ2n) is 7.62. The number of rotatable bonds is 10. The number of aliphatic hydroxyl groups excluding tert-OH is 1. The molecule has 0 saturated carbocycles. The maximum Gasteiger partial charge on any atom is 0.195 e. The summed E-state index contributed by atoms with van der Waals surface area (Å²) >= 11 is 5.55. The number of nitrogens with zero attached hydrogens (tertiary/aromatic N) is 4. The van der Waals surface area contributed by atoms with Gasteiger partial charge in [0.2, 0.25) is 0 Å². The van der Waals surface area contributed by atoms with Gasteiger partial charge in [-0.15, -0.1) is 0 Å². The molecule has 172 valence electrons. The number of aromatic amines is 1. The molecule has 0 spiro atoms. The van der Waals surface area contributed by atoms with Crippen LogP contribution >= 0.6 is 12.2 Å². The first kappa shape index (κ1) is 22.8. The van der Waals surface area contributed by atoms with Crippen LogP contribution in [0.4, 0.5) is 0 Å². The highest BCUT2D eigenvalue weighted by atomic mass is 32.1. The molecule has 0 saturated heterocycles. The van der Waals surface area contributed by atoms with E-state index in [0.29, 0.717) is 42.5 Å². The minimum absolute atomic E-state index is 0.0667. The molecule has 33 heavy (non-hydrogen) atoms. The van der Waals surface area contributed by atoms with Crippen LogP contribution < -0.4 is 9.47 Å².